The molecule has 3 heterocycles. The first kappa shape index (κ1) is 13.4. The Bertz CT molecular complexity index is 1080. The Balaban J connectivity index is 1.83. The van der Waals surface area contributed by atoms with Crippen LogP contribution in [-0.4, -0.2) is 18.7 Å². The molecule has 1 aliphatic heterocycles. The number of benzene rings is 2. The third kappa shape index (κ3) is 1.71. The van der Waals surface area contributed by atoms with E-state index in [4.69, 9.17) is 4.42 Å². The normalized spacial score (nSPS) is 13.9. The van der Waals surface area contributed by atoms with Crippen molar-refractivity contribution in [1.29, 1.82) is 0 Å². The Morgan fingerprint density at radius 2 is 1.79 bits per heavy atom. The second-order valence-electron chi connectivity index (χ2n) is 6.32. The summed E-state index contributed by atoms with van der Waals surface area (Å²) in [6.45, 7) is 2.94. The van der Waals surface area contributed by atoms with E-state index in [1.807, 2.05) is 6.07 Å². The molecule has 0 amide bonds. The molecule has 2 aromatic carbocycles. The maximum atomic E-state index is 6.16. The molecule has 0 spiro atoms. The molecule has 2 aromatic heterocycles. The van der Waals surface area contributed by atoms with Gasteiger partial charge in [-0.05, 0) is 36.8 Å². The highest BCUT2D eigenvalue weighted by atomic mass is 16.3. The second kappa shape index (κ2) is 4.74. The van der Waals surface area contributed by atoms with Crippen molar-refractivity contribution in [2.45, 2.75) is 6.92 Å². The molecule has 0 aliphatic carbocycles. The number of aryl methyl sites for hydroxylation is 1. The minimum atomic E-state index is 0.695. The minimum absolute atomic E-state index is 0.695. The monoisotopic (exact) mass is 315 g/mol. The van der Waals surface area contributed by atoms with Gasteiger partial charge in [-0.2, -0.15) is 0 Å². The summed E-state index contributed by atoms with van der Waals surface area (Å²) < 4.78 is 6.16. The maximum Gasteiger partial charge on any atom is 0.227 e. The van der Waals surface area contributed by atoms with Crippen LogP contribution in [0.25, 0.3) is 22.1 Å². The highest BCUT2D eigenvalue weighted by Crippen LogP contribution is 2.45. The van der Waals surface area contributed by atoms with Crippen LogP contribution in [0.1, 0.15) is 5.56 Å². The Labute approximate surface area is 139 Å². The standard InChI is InChI=1S/C20H17N3O/c1-13-9-10-14-15-6-5-11-21-20(15)24-19(14)18(13)23-12-22(2)16-7-3-4-8-17(16)23/h3-11H,12H2,1-2H3. The van der Waals surface area contributed by atoms with E-state index in [9.17, 15) is 0 Å². The number of hydrogen-bond acceptors (Lipinski definition) is 4. The molecule has 0 fully saturated rings. The van der Waals surface area contributed by atoms with Gasteiger partial charge in [-0.1, -0.05) is 24.3 Å². The van der Waals surface area contributed by atoms with E-state index in [-0.39, 0.29) is 0 Å². The summed E-state index contributed by atoms with van der Waals surface area (Å²) in [6.07, 6.45) is 1.77. The molecule has 4 aromatic rings. The van der Waals surface area contributed by atoms with Crippen molar-refractivity contribution in [3.05, 3.63) is 60.3 Å². The topological polar surface area (TPSA) is 32.5 Å². The number of hydrogen-bond donors (Lipinski definition) is 0. The fourth-order valence-electron chi connectivity index (χ4n) is 3.67. The van der Waals surface area contributed by atoms with Gasteiger partial charge in [0.15, 0.2) is 5.58 Å². The second-order valence-corrected chi connectivity index (χ2v) is 6.32. The summed E-state index contributed by atoms with van der Waals surface area (Å²) in [7, 11) is 2.12. The first-order valence-corrected chi connectivity index (χ1v) is 8.08. The zero-order chi connectivity index (χ0) is 16.3. The van der Waals surface area contributed by atoms with Crippen molar-refractivity contribution in [2.75, 3.05) is 23.5 Å². The highest BCUT2D eigenvalue weighted by molar-refractivity contribution is 6.09. The molecular weight excluding hydrogens is 298 g/mol. The van der Waals surface area contributed by atoms with Crippen molar-refractivity contribution >= 4 is 39.1 Å². The van der Waals surface area contributed by atoms with Crippen LogP contribution in [0.2, 0.25) is 0 Å². The zero-order valence-corrected chi connectivity index (χ0v) is 13.7. The average Bonchev–Trinajstić information content (AvgIpc) is 3.13. The fourth-order valence-corrected chi connectivity index (χ4v) is 3.67. The van der Waals surface area contributed by atoms with Gasteiger partial charge in [-0.25, -0.2) is 4.98 Å². The number of anilines is 3. The number of rotatable bonds is 1. The van der Waals surface area contributed by atoms with Gasteiger partial charge in [-0.15, -0.1) is 0 Å². The Hall–Kier alpha value is -3.01. The molecule has 1 aliphatic rings. The van der Waals surface area contributed by atoms with Crippen molar-refractivity contribution in [3.8, 4) is 0 Å². The zero-order valence-electron chi connectivity index (χ0n) is 13.7. The summed E-state index contributed by atoms with van der Waals surface area (Å²) >= 11 is 0. The minimum Gasteiger partial charge on any atom is -0.435 e. The van der Waals surface area contributed by atoms with Crippen LogP contribution in [0.3, 0.4) is 0 Å². The van der Waals surface area contributed by atoms with Crippen LogP contribution >= 0.6 is 0 Å². The van der Waals surface area contributed by atoms with Gasteiger partial charge < -0.3 is 14.2 Å². The fraction of sp³-hybridized carbons (Fsp3) is 0.150. The lowest BCUT2D eigenvalue weighted by atomic mass is 10.1. The third-order valence-electron chi connectivity index (χ3n) is 4.80. The largest absolute Gasteiger partial charge is 0.435 e. The van der Waals surface area contributed by atoms with E-state index in [0.29, 0.717) is 5.71 Å². The summed E-state index contributed by atoms with van der Waals surface area (Å²) in [5.41, 5.74) is 6.38. The van der Waals surface area contributed by atoms with Crippen LogP contribution in [-0.2, 0) is 0 Å². The maximum absolute atomic E-state index is 6.16. The van der Waals surface area contributed by atoms with Gasteiger partial charge in [0.05, 0.1) is 23.7 Å². The predicted octanol–water partition coefficient (Wildman–Crippen LogP) is 4.83. The average molecular weight is 315 g/mol. The molecule has 118 valence electrons. The SMILES string of the molecule is Cc1ccc2c(oc3ncccc32)c1N1CN(C)c2ccccc21. The number of nitrogens with zero attached hydrogens (tertiary/aromatic N) is 3. The number of pyridine rings is 1. The number of fused-ring (bicyclic) bond motifs is 4. The van der Waals surface area contributed by atoms with Crippen molar-refractivity contribution in [2.24, 2.45) is 0 Å². The van der Waals surface area contributed by atoms with Gasteiger partial charge in [0.1, 0.15) is 0 Å². The van der Waals surface area contributed by atoms with Crippen molar-refractivity contribution in [1.82, 2.24) is 4.98 Å². The summed E-state index contributed by atoms with van der Waals surface area (Å²) in [4.78, 5) is 8.97. The van der Waals surface area contributed by atoms with E-state index in [1.54, 1.807) is 6.20 Å². The summed E-state index contributed by atoms with van der Waals surface area (Å²) in [6, 6.07) is 16.8. The number of furan rings is 1. The van der Waals surface area contributed by atoms with Gasteiger partial charge >= 0.3 is 0 Å². The Kier molecular flexibility index (Phi) is 2.65. The van der Waals surface area contributed by atoms with E-state index in [1.165, 1.54) is 16.9 Å². The summed E-state index contributed by atoms with van der Waals surface area (Å²) in [5, 5.41) is 2.18. The molecule has 24 heavy (non-hydrogen) atoms. The molecule has 0 N–H and O–H groups in total. The molecule has 0 unspecified atom stereocenters. The number of aromatic nitrogens is 1. The quantitative estimate of drug-likeness (QED) is 0.503. The van der Waals surface area contributed by atoms with Gasteiger partial charge in [-0.3, -0.25) is 0 Å². The van der Waals surface area contributed by atoms with Crippen molar-refractivity contribution < 1.29 is 4.42 Å². The Morgan fingerprint density at radius 1 is 0.958 bits per heavy atom. The van der Waals surface area contributed by atoms with Crippen LogP contribution in [0.5, 0.6) is 0 Å². The van der Waals surface area contributed by atoms with Gasteiger partial charge in [0, 0.05) is 24.0 Å². The lowest BCUT2D eigenvalue weighted by Gasteiger charge is -2.21. The van der Waals surface area contributed by atoms with Crippen LogP contribution in [0.15, 0.2) is 59.1 Å². The lowest BCUT2D eigenvalue weighted by molar-refractivity contribution is 0.653. The molecule has 4 nitrogen and oxygen atoms in total. The molecule has 4 heteroatoms. The first-order valence-electron chi connectivity index (χ1n) is 8.08. The molecule has 0 saturated heterocycles. The smallest absolute Gasteiger partial charge is 0.227 e. The number of para-hydroxylation sites is 2. The molecule has 0 atom stereocenters. The first-order chi connectivity index (χ1) is 11.7. The van der Waals surface area contributed by atoms with E-state index in [0.717, 1.165) is 28.7 Å². The Morgan fingerprint density at radius 3 is 2.67 bits per heavy atom. The summed E-state index contributed by atoms with van der Waals surface area (Å²) in [5.74, 6) is 0. The van der Waals surface area contributed by atoms with Gasteiger partial charge in [0.25, 0.3) is 0 Å². The molecule has 5 rings (SSSR count). The van der Waals surface area contributed by atoms with Crippen molar-refractivity contribution in [3.63, 3.8) is 0 Å². The molecular formula is C20H17N3O. The van der Waals surface area contributed by atoms with Crippen LogP contribution in [0.4, 0.5) is 17.1 Å². The predicted molar refractivity (Wildman–Crippen MR) is 98.1 cm³/mol. The van der Waals surface area contributed by atoms with E-state index >= 15 is 0 Å². The third-order valence-corrected chi connectivity index (χ3v) is 4.80. The van der Waals surface area contributed by atoms with Crippen LogP contribution in [0, 0.1) is 6.92 Å². The van der Waals surface area contributed by atoms with E-state index in [2.05, 4.69) is 71.2 Å². The molecule has 0 radical (unpaired) electrons. The molecule has 0 bridgehead atoms. The lowest BCUT2D eigenvalue weighted by Crippen LogP contribution is -2.24. The van der Waals surface area contributed by atoms with Gasteiger partial charge in [0.2, 0.25) is 5.71 Å². The highest BCUT2D eigenvalue weighted by Gasteiger charge is 2.28. The van der Waals surface area contributed by atoms with E-state index < -0.39 is 0 Å². The van der Waals surface area contributed by atoms with Crippen LogP contribution < -0.4 is 9.80 Å². The molecule has 0 saturated carbocycles.